The van der Waals surface area contributed by atoms with Crippen molar-refractivity contribution in [3.8, 4) is 11.5 Å². The van der Waals surface area contributed by atoms with E-state index < -0.39 is 0 Å². The number of fused-ring (bicyclic) bond motifs is 1. The number of nitrogens with two attached hydrogens (primary N) is 1. The highest BCUT2D eigenvalue weighted by atomic mass is 16.5. The van der Waals surface area contributed by atoms with Crippen LogP contribution in [0, 0.1) is 5.92 Å². The molecule has 3 rings (SSSR count). The van der Waals surface area contributed by atoms with Gasteiger partial charge in [0, 0.05) is 25.0 Å². The lowest BCUT2D eigenvalue weighted by Gasteiger charge is -2.13. The Bertz CT molecular complexity index is 498. The van der Waals surface area contributed by atoms with E-state index in [0.717, 1.165) is 19.3 Å². The number of carbonyl (C=O) groups excluding carboxylic acids is 1. The smallest absolute Gasteiger partial charge is 0.224 e. The molecule has 1 amide bonds. The highest BCUT2D eigenvalue weighted by Crippen LogP contribution is 2.37. The van der Waals surface area contributed by atoms with Gasteiger partial charge in [-0.25, -0.2) is 0 Å². The largest absolute Gasteiger partial charge is 0.489 e. The van der Waals surface area contributed by atoms with Gasteiger partial charge in [0.05, 0.1) is 24.6 Å². The quantitative estimate of drug-likeness (QED) is 0.819. The molecule has 19 heavy (non-hydrogen) atoms. The third kappa shape index (κ3) is 2.92. The van der Waals surface area contributed by atoms with Crippen molar-refractivity contribution in [3.63, 3.8) is 0 Å². The van der Waals surface area contributed by atoms with Gasteiger partial charge in [0.15, 0.2) is 11.5 Å². The molecule has 1 fully saturated rings. The van der Waals surface area contributed by atoms with Gasteiger partial charge in [-0.3, -0.25) is 4.79 Å². The summed E-state index contributed by atoms with van der Waals surface area (Å²) in [5.74, 6) is 1.87. The summed E-state index contributed by atoms with van der Waals surface area (Å²) in [6.45, 7) is 1.24. The maximum absolute atomic E-state index is 11.8. The van der Waals surface area contributed by atoms with Gasteiger partial charge in [-0.2, -0.15) is 0 Å². The minimum absolute atomic E-state index is 0.0173. The highest BCUT2D eigenvalue weighted by molar-refractivity contribution is 5.94. The summed E-state index contributed by atoms with van der Waals surface area (Å²) in [5, 5.41) is 2.85. The predicted octanol–water partition coefficient (Wildman–Crippen LogP) is 2.17. The molecule has 0 aromatic heterocycles. The fourth-order valence-electron chi connectivity index (χ4n) is 2.12. The molecule has 1 aromatic rings. The number of carbonyl (C=O) groups is 1. The van der Waals surface area contributed by atoms with Crippen LogP contribution in [0.5, 0.6) is 11.5 Å². The molecule has 0 radical (unpaired) electrons. The minimum atomic E-state index is 0.0173. The molecule has 1 aliphatic heterocycles. The van der Waals surface area contributed by atoms with E-state index in [9.17, 15) is 4.79 Å². The van der Waals surface area contributed by atoms with E-state index >= 15 is 0 Å². The first-order valence-corrected chi connectivity index (χ1v) is 6.71. The number of hydrogen-bond acceptors (Lipinski definition) is 4. The molecule has 0 spiro atoms. The molecule has 0 atom stereocenters. The van der Waals surface area contributed by atoms with E-state index in [1.54, 1.807) is 12.1 Å². The van der Waals surface area contributed by atoms with Crippen molar-refractivity contribution in [1.29, 1.82) is 0 Å². The molecular weight excluding hydrogens is 244 g/mol. The zero-order valence-corrected chi connectivity index (χ0v) is 10.8. The van der Waals surface area contributed by atoms with Crippen LogP contribution in [-0.4, -0.2) is 19.1 Å². The fraction of sp³-hybridized carbons (Fsp3) is 0.500. The molecule has 0 unspecified atom stereocenters. The van der Waals surface area contributed by atoms with E-state index in [2.05, 4.69) is 5.32 Å². The van der Waals surface area contributed by atoms with Gasteiger partial charge in [0.25, 0.3) is 0 Å². The van der Waals surface area contributed by atoms with Crippen molar-refractivity contribution in [2.45, 2.75) is 25.7 Å². The number of nitrogen functional groups attached to an aromatic ring is 1. The van der Waals surface area contributed by atoms with E-state index in [0.29, 0.717) is 48.4 Å². The summed E-state index contributed by atoms with van der Waals surface area (Å²) in [5.41, 5.74) is 7.05. The summed E-state index contributed by atoms with van der Waals surface area (Å²) in [6, 6.07) is 3.47. The Hall–Kier alpha value is -1.91. The van der Waals surface area contributed by atoms with Gasteiger partial charge in [0.1, 0.15) is 0 Å². The normalized spacial score (nSPS) is 17.7. The maximum atomic E-state index is 11.8. The summed E-state index contributed by atoms with van der Waals surface area (Å²) >= 11 is 0. The summed E-state index contributed by atoms with van der Waals surface area (Å²) < 4.78 is 11.1. The average Bonchev–Trinajstić information content (AvgIpc) is 3.17. The first kappa shape index (κ1) is 12.1. The third-order valence-corrected chi connectivity index (χ3v) is 3.36. The number of rotatable bonds is 3. The number of benzene rings is 1. The van der Waals surface area contributed by atoms with E-state index in [1.807, 2.05) is 0 Å². The Labute approximate surface area is 112 Å². The van der Waals surface area contributed by atoms with Crippen LogP contribution in [0.2, 0.25) is 0 Å². The molecule has 5 heteroatoms. The maximum Gasteiger partial charge on any atom is 0.224 e. The van der Waals surface area contributed by atoms with Gasteiger partial charge in [-0.05, 0) is 18.8 Å². The number of nitrogens with one attached hydrogen (secondary N) is 1. The number of hydrogen-bond donors (Lipinski definition) is 2. The van der Waals surface area contributed by atoms with Crippen LogP contribution < -0.4 is 20.5 Å². The van der Waals surface area contributed by atoms with Crippen molar-refractivity contribution >= 4 is 17.3 Å². The molecule has 2 aliphatic rings. The Morgan fingerprint density at radius 1 is 1.26 bits per heavy atom. The Kier molecular flexibility index (Phi) is 3.19. The first-order chi connectivity index (χ1) is 9.22. The van der Waals surface area contributed by atoms with Crippen LogP contribution in [0.25, 0.3) is 0 Å². The van der Waals surface area contributed by atoms with Crippen LogP contribution in [0.15, 0.2) is 12.1 Å². The van der Waals surface area contributed by atoms with Crippen LogP contribution in [0.1, 0.15) is 25.7 Å². The van der Waals surface area contributed by atoms with Crippen molar-refractivity contribution in [2.24, 2.45) is 5.92 Å². The molecule has 3 N–H and O–H groups in total. The summed E-state index contributed by atoms with van der Waals surface area (Å²) in [4.78, 5) is 11.8. The average molecular weight is 262 g/mol. The summed E-state index contributed by atoms with van der Waals surface area (Å²) in [7, 11) is 0. The van der Waals surface area contributed by atoms with Crippen molar-refractivity contribution in [3.05, 3.63) is 12.1 Å². The van der Waals surface area contributed by atoms with Crippen LogP contribution in [0.4, 0.5) is 11.4 Å². The zero-order chi connectivity index (χ0) is 13.2. The second-order valence-electron chi connectivity index (χ2n) is 5.13. The number of amides is 1. The lowest BCUT2D eigenvalue weighted by molar-refractivity contribution is -0.116. The van der Waals surface area contributed by atoms with Gasteiger partial charge < -0.3 is 20.5 Å². The van der Waals surface area contributed by atoms with Gasteiger partial charge >= 0.3 is 0 Å². The second-order valence-corrected chi connectivity index (χ2v) is 5.13. The summed E-state index contributed by atoms with van der Waals surface area (Å²) in [6.07, 6.45) is 3.74. The molecule has 0 bridgehead atoms. The van der Waals surface area contributed by atoms with Crippen molar-refractivity contribution in [1.82, 2.24) is 0 Å². The van der Waals surface area contributed by atoms with E-state index in [4.69, 9.17) is 15.2 Å². The molecule has 1 aromatic carbocycles. The van der Waals surface area contributed by atoms with Crippen LogP contribution in [-0.2, 0) is 4.79 Å². The highest BCUT2D eigenvalue weighted by Gasteiger charge is 2.25. The van der Waals surface area contributed by atoms with E-state index in [1.165, 1.54) is 0 Å². The van der Waals surface area contributed by atoms with Crippen LogP contribution in [0.3, 0.4) is 0 Å². The molecule has 0 saturated heterocycles. The molecule has 1 aliphatic carbocycles. The zero-order valence-electron chi connectivity index (χ0n) is 10.8. The Morgan fingerprint density at radius 2 is 1.95 bits per heavy atom. The lowest BCUT2D eigenvalue weighted by atomic mass is 10.2. The topological polar surface area (TPSA) is 73.6 Å². The van der Waals surface area contributed by atoms with E-state index in [-0.39, 0.29) is 5.91 Å². The lowest BCUT2D eigenvalue weighted by Crippen LogP contribution is -2.13. The SMILES string of the molecule is Nc1cc2c(cc1NC(=O)CC1CC1)OCCCO2. The Morgan fingerprint density at radius 3 is 2.63 bits per heavy atom. The molecule has 102 valence electrons. The molecule has 1 saturated carbocycles. The van der Waals surface area contributed by atoms with Gasteiger partial charge in [-0.15, -0.1) is 0 Å². The van der Waals surface area contributed by atoms with Gasteiger partial charge in [-0.1, -0.05) is 0 Å². The minimum Gasteiger partial charge on any atom is -0.489 e. The number of anilines is 2. The van der Waals surface area contributed by atoms with Crippen LogP contribution >= 0.6 is 0 Å². The number of ether oxygens (including phenoxy) is 2. The second kappa shape index (κ2) is 4.99. The molecule has 1 heterocycles. The Balaban J connectivity index is 1.76. The third-order valence-electron chi connectivity index (χ3n) is 3.36. The van der Waals surface area contributed by atoms with Crippen molar-refractivity contribution in [2.75, 3.05) is 24.3 Å². The standard InChI is InChI=1S/C14H18N2O3/c15-10-7-12-13(19-5-1-4-18-12)8-11(10)16-14(17)6-9-2-3-9/h7-9H,1-6,15H2,(H,16,17). The fourth-order valence-corrected chi connectivity index (χ4v) is 2.12. The molecule has 5 nitrogen and oxygen atoms in total. The monoisotopic (exact) mass is 262 g/mol. The first-order valence-electron chi connectivity index (χ1n) is 6.71. The van der Waals surface area contributed by atoms with Crippen molar-refractivity contribution < 1.29 is 14.3 Å². The predicted molar refractivity (Wildman–Crippen MR) is 72.4 cm³/mol. The molecular formula is C14H18N2O3. The van der Waals surface area contributed by atoms with Gasteiger partial charge in [0.2, 0.25) is 5.91 Å².